The number of carbonyl (C=O) groups excluding carboxylic acids is 1. The van der Waals surface area contributed by atoms with E-state index in [0.29, 0.717) is 6.54 Å². The minimum absolute atomic E-state index is 0.0518. The van der Waals surface area contributed by atoms with Gasteiger partial charge in [-0.15, -0.1) is 0 Å². The number of pyridine rings is 1. The summed E-state index contributed by atoms with van der Waals surface area (Å²) in [6.07, 6.45) is 4.45. The number of amides is 1. The summed E-state index contributed by atoms with van der Waals surface area (Å²) in [6.45, 7) is 2.42. The Morgan fingerprint density at radius 1 is 1.23 bits per heavy atom. The van der Waals surface area contributed by atoms with E-state index in [1.165, 1.54) is 10.9 Å². The van der Waals surface area contributed by atoms with Crippen LogP contribution in [0.5, 0.6) is 0 Å². The van der Waals surface area contributed by atoms with Gasteiger partial charge in [0.2, 0.25) is 5.91 Å². The summed E-state index contributed by atoms with van der Waals surface area (Å²) >= 11 is 0. The predicted molar refractivity (Wildman–Crippen MR) is 87.3 cm³/mol. The molecule has 4 nitrogen and oxygen atoms in total. The number of hydrogen-bond donors (Lipinski definition) is 2. The van der Waals surface area contributed by atoms with Crippen molar-refractivity contribution < 1.29 is 4.79 Å². The number of hydrogen-bond acceptors (Lipinski definition) is 2. The lowest BCUT2D eigenvalue weighted by molar-refractivity contribution is -0.124. The van der Waals surface area contributed by atoms with Gasteiger partial charge in [-0.1, -0.05) is 31.2 Å². The number of nitrogens with one attached hydrogen (secondary N) is 2. The van der Waals surface area contributed by atoms with Gasteiger partial charge in [0.1, 0.15) is 0 Å². The highest BCUT2D eigenvalue weighted by Crippen LogP contribution is 2.20. The molecule has 0 spiro atoms. The maximum absolute atomic E-state index is 12.2. The van der Waals surface area contributed by atoms with Crippen molar-refractivity contribution in [1.29, 1.82) is 0 Å². The number of aromatic amines is 1. The monoisotopic (exact) mass is 293 g/mol. The summed E-state index contributed by atoms with van der Waals surface area (Å²) in [5.41, 5.74) is 3.16. The zero-order chi connectivity index (χ0) is 15.4. The summed E-state index contributed by atoms with van der Waals surface area (Å²) in [5, 5.41) is 4.13. The molecule has 0 aliphatic rings. The maximum Gasteiger partial charge on any atom is 0.223 e. The first-order valence-electron chi connectivity index (χ1n) is 7.46. The van der Waals surface area contributed by atoms with Gasteiger partial charge in [0.15, 0.2) is 0 Å². The van der Waals surface area contributed by atoms with Crippen LogP contribution >= 0.6 is 0 Å². The third kappa shape index (κ3) is 3.17. The first-order chi connectivity index (χ1) is 10.7. The molecule has 22 heavy (non-hydrogen) atoms. The van der Waals surface area contributed by atoms with Crippen molar-refractivity contribution in [3.63, 3.8) is 0 Å². The Labute approximate surface area is 129 Å². The number of aromatic nitrogens is 2. The first kappa shape index (κ1) is 14.3. The van der Waals surface area contributed by atoms with Crippen molar-refractivity contribution in [2.75, 3.05) is 0 Å². The van der Waals surface area contributed by atoms with Crippen LogP contribution in [0.25, 0.3) is 10.9 Å². The molecule has 1 amide bonds. The van der Waals surface area contributed by atoms with E-state index in [9.17, 15) is 4.79 Å². The number of nitrogens with zero attached hydrogens (tertiary/aromatic N) is 1. The molecule has 3 rings (SSSR count). The van der Waals surface area contributed by atoms with E-state index in [1.807, 2.05) is 49.5 Å². The zero-order valence-electron chi connectivity index (χ0n) is 12.5. The predicted octanol–water partition coefficient (Wildman–Crippen LogP) is 3.06. The number of H-pyrrole nitrogens is 1. The summed E-state index contributed by atoms with van der Waals surface area (Å²) < 4.78 is 0. The van der Waals surface area contributed by atoms with E-state index in [4.69, 9.17) is 0 Å². The Hall–Kier alpha value is -2.62. The van der Waals surface area contributed by atoms with Crippen LogP contribution in [0.2, 0.25) is 0 Å². The number of para-hydroxylation sites is 1. The van der Waals surface area contributed by atoms with Crippen LogP contribution in [0, 0.1) is 5.92 Å². The molecule has 0 unspecified atom stereocenters. The van der Waals surface area contributed by atoms with Crippen LogP contribution in [0.4, 0.5) is 0 Å². The third-order valence-electron chi connectivity index (χ3n) is 3.82. The van der Waals surface area contributed by atoms with Gasteiger partial charge in [0.05, 0.1) is 12.2 Å². The number of rotatable bonds is 5. The van der Waals surface area contributed by atoms with Gasteiger partial charge in [-0.25, -0.2) is 0 Å². The molecule has 0 fully saturated rings. The molecule has 0 aliphatic heterocycles. The molecule has 2 aromatic heterocycles. The largest absolute Gasteiger partial charge is 0.361 e. The summed E-state index contributed by atoms with van der Waals surface area (Å²) in [4.78, 5) is 19.7. The molecule has 112 valence electrons. The Balaban J connectivity index is 1.61. The quantitative estimate of drug-likeness (QED) is 0.759. The van der Waals surface area contributed by atoms with Gasteiger partial charge in [-0.2, -0.15) is 0 Å². The minimum atomic E-state index is -0.0806. The highest BCUT2D eigenvalue weighted by Gasteiger charge is 2.15. The Morgan fingerprint density at radius 3 is 2.86 bits per heavy atom. The van der Waals surface area contributed by atoms with Crippen LogP contribution in [-0.2, 0) is 17.8 Å². The van der Waals surface area contributed by atoms with Crippen LogP contribution in [-0.4, -0.2) is 15.9 Å². The van der Waals surface area contributed by atoms with E-state index in [-0.39, 0.29) is 11.8 Å². The van der Waals surface area contributed by atoms with Crippen molar-refractivity contribution in [3.8, 4) is 0 Å². The van der Waals surface area contributed by atoms with Gasteiger partial charge < -0.3 is 10.3 Å². The molecule has 0 bridgehead atoms. The molecule has 0 saturated heterocycles. The van der Waals surface area contributed by atoms with E-state index in [0.717, 1.165) is 17.6 Å². The lowest BCUT2D eigenvalue weighted by Gasteiger charge is -2.11. The summed E-state index contributed by atoms with van der Waals surface area (Å²) in [6, 6.07) is 13.8. The molecular formula is C18H19N3O. The van der Waals surface area contributed by atoms with Gasteiger partial charge in [-0.3, -0.25) is 9.78 Å². The highest BCUT2D eigenvalue weighted by molar-refractivity contribution is 5.84. The molecule has 0 aliphatic carbocycles. The van der Waals surface area contributed by atoms with Crippen LogP contribution in [0.3, 0.4) is 0 Å². The van der Waals surface area contributed by atoms with E-state index in [1.54, 1.807) is 6.20 Å². The summed E-state index contributed by atoms with van der Waals surface area (Å²) in [7, 11) is 0. The molecule has 0 radical (unpaired) electrons. The average molecular weight is 293 g/mol. The lowest BCUT2D eigenvalue weighted by atomic mass is 10.00. The van der Waals surface area contributed by atoms with Crippen LogP contribution < -0.4 is 5.32 Å². The highest BCUT2D eigenvalue weighted by atomic mass is 16.1. The number of carbonyl (C=O) groups is 1. The fraction of sp³-hybridized carbons (Fsp3) is 0.222. The second-order valence-corrected chi connectivity index (χ2v) is 5.50. The van der Waals surface area contributed by atoms with Crippen molar-refractivity contribution >= 4 is 16.8 Å². The van der Waals surface area contributed by atoms with Gasteiger partial charge in [0, 0.05) is 29.2 Å². The van der Waals surface area contributed by atoms with Crippen molar-refractivity contribution in [2.45, 2.75) is 19.9 Å². The van der Waals surface area contributed by atoms with Gasteiger partial charge >= 0.3 is 0 Å². The van der Waals surface area contributed by atoms with Gasteiger partial charge in [0.25, 0.3) is 0 Å². The Morgan fingerprint density at radius 2 is 2.05 bits per heavy atom. The second kappa shape index (κ2) is 6.43. The average Bonchev–Trinajstić information content (AvgIpc) is 2.97. The molecule has 2 N–H and O–H groups in total. The zero-order valence-corrected chi connectivity index (χ0v) is 12.5. The molecular weight excluding hydrogens is 274 g/mol. The van der Waals surface area contributed by atoms with Crippen LogP contribution in [0.1, 0.15) is 18.2 Å². The van der Waals surface area contributed by atoms with Crippen LogP contribution in [0.15, 0.2) is 54.9 Å². The minimum Gasteiger partial charge on any atom is -0.361 e. The third-order valence-corrected chi connectivity index (χ3v) is 3.82. The Kier molecular flexibility index (Phi) is 4.19. The smallest absolute Gasteiger partial charge is 0.223 e. The number of fused-ring (bicyclic) bond motifs is 1. The molecule has 2 heterocycles. The molecule has 4 heteroatoms. The molecule has 0 saturated carbocycles. The van der Waals surface area contributed by atoms with E-state index < -0.39 is 0 Å². The lowest BCUT2D eigenvalue weighted by Crippen LogP contribution is -2.30. The molecule has 3 aromatic rings. The van der Waals surface area contributed by atoms with Crippen molar-refractivity contribution in [1.82, 2.24) is 15.3 Å². The fourth-order valence-corrected chi connectivity index (χ4v) is 2.58. The topological polar surface area (TPSA) is 57.8 Å². The first-order valence-corrected chi connectivity index (χ1v) is 7.46. The number of benzene rings is 1. The van der Waals surface area contributed by atoms with E-state index >= 15 is 0 Å². The van der Waals surface area contributed by atoms with Gasteiger partial charge in [-0.05, 0) is 30.2 Å². The standard InChI is InChI=1S/C18H19N3O/c1-13(18(22)21-12-15-6-4-5-9-19-15)10-14-11-20-17-8-3-2-7-16(14)17/h2-9,11,13,20H,10,12H2,1H3,(H,21,22)/t13-/m0/s1. The Bertz CT molecular complexity index is 764. The fourth-order valence-electron chi connectivity index (χ4n) is 2.58. The maximum atomic E-state index is 12.2. The SMILES string of the molecule is C[C@@H](Cc1c[nH]c2ccccc12)C(=O)NCc1ccccn1. The second-order valence-electron chi connectivity index (χ2n) is 5.50. The van der Waals surface area contributed by atoms with Crippen molar-refractivity contribution in [2.24, 2.45) is 5.92 Å². The van der Waals surface area contributed by atoms with Crippen molar-refractivity contribution in [3.05, 3.63) is 66.1 Å². The summed E-state index contributed by atoms with van der Waals surface area (Å²) in [5.74, 6) is -0.0288. The molecule has 1 atom stereocenters. The normalized spacial score (nSPS) is 12.2. The van der Waals surface area contributed by atoms with E-state index in [2.05, 4.69) is 21.4 Å². The molecule has 1 aromatic carbocycles.